The highest BCUT2D eigenvalue weighted by atomic mass is 32.1. The summed E-state index contributed by atoms with van der Waals surface area (Å²) < 4.78 is 0. The van der Waals surface area contributed by atoms with Crippen LogP contribution in [0.15, 0.2) is 5.38 Å². The lowest BCUT2D eigenvalue weighted by Crippen LogP contribution is -2.46. The van der Waals surface area contributed by atoms with Crippen molar-refractivity contribution in [2.24, 2.45) is 5.92 Å². The summed E-state index contributed by atoms with van der Waals surface area (Å²) in [5, 5.41) is 11.4. The molecule has 1 N–H and O–H groups in total. The Bertz CT molecular complexity index is 497. The van der Waals surface area contributed by atoms with Gasteiger partial charge in [-0.15, -0.1) is 11.3 Å². The summed E-state index contributed by atoms with van der Waals surface area (Å²) in [5.41, 5.74) is 2.25. The predicted molar refractivity (Wildman–Crippen MR) is 81.3 cm³/mol. The number of nitrogens with zero attached hydrogens (tertiary/aromatic N) is 1. The largest absolute Gasteiger partial charge is 0.396 e. The van der Waals surface area contributed by atoms with Crippen LogP contribution in [0, 0.1) is 5.92 Å². The number of piperidine rings is 1. The fourth-order valence-electron chi connectivity index (χ4n) is 3.44. The quantitative estimate of drug-likeness (QED) is 0.911. The van der Waals surface area contributed by atoms with Gasteiger partial charge >= 0.3 is 0 Å². The number of carbonyl (C=O) groups excluding carboxylic acids is 1. The summed E-state index contributed by atoms with van der Waals surface area (Å²) in [6.45, 7) is 3.03. The third-order valence-corrected chi connectivity index (χ3v) is 5.88. The van der Waals surface area contributed by atoms with Gasteiger partial charge < -0.3 is 10.0 Å². The molecule has 0 saturated carbocycles. The number of hydrogen-bond acceptors (Lipinski definition) is 3. The van der Waals surface area contributed by atoms with Crippen molar-refractivity contribution in [2.75, 3.05) is 13.2 Å². The maximum atomic E-state index is 12.9. The van der Waals surface area contributed by atoms with Gasteiger partial charge in [0.05, 0.1) is 5.56 Å². The van der Waals surface area contributed by atoms with Gasteiger partial charge in [0.15, 0.2) is 0 Å². The fourth-order valence-corrected chi connectivity index (χ4v) is 4.56. The van der Waals surface area contributed by atoms with Crippen molar-refractivity contribution in [3.63, 3.8) is 0 Å². The van der Waals surface area contributed by atoms with Crippen LogP contribution >= 0.6 is 11.3 Å². The van der Waals surface area contributed by atoms with Crippen molar-refractivity contribution in [3.05, 3.63) is 21.4 Å². The van der Waals surface area contributed by atoms with Gasteiger partial charge in [-0.3, -0.25) is 4.79 Å². The smallest absolute Gasteiger partial charge is 0.255 e. The Balaban J connectivity index is 1.82. The molecule has 0 aromatic carbocycles. The highest BCUT2D eigenvalue weighted by Gasteiger charge is 2.31. The molecule has 20 heavy (non-hydrogen) atoms. The number of rotatable bonds is 2. The van der Waals surface area contributed by atoms with E-state index in [0.717, 1.165) is 31.2 Å². The second-order valence-electron chi connectivity index (χ2n) is 6.19. The monoisotopic (exact) mass is 293 g/mol. The number of hydrogen-bond donors (Lipinski definition) is 1. The molecule has 0 bridgehead atoms. The average Bonchev–Trinajstić information content (AvgIpc) is 2.91. The van der Waals surface area contributed by atoms with Crippen LogP contribution < -0.4 is 0 Å². The molecule has 1 aliphatic heterocycles. The predicted octanol–water partition coefficient (Wildman–Crippen LogP) is 2.86. The summed E-state index contributed by atoms with van der Waals surface area (Å²) in [6, 6.07) is 0.296. The summed E-state index contributed by atoms with van der Waals surface area (Å²) >= 11 is 1.76. The van der Waals surface area contributed by atoms with Gasteiger partial charge in [0.25, 0.3) is 5.91 Å². The van der Waals surface area contributed by atoms with Gasteiger partial charge in [0.2, 0.25) is 0 Å². The van der Waals surface area contributed by atoms with Crippen molar-refractivity contribution < 1.29 is 9.90 Å². The van der Waals surface area contributed by atoms with E-state index in [0.29, 0.717) is 12.6 Å². The first-order valence-electron chi connectivity index (χ1n) is 7.71. The average molecular weight is 293 g/mol. The molecular weight excluding hydrogens is 270 g/mol. The van der Waals surface area contributed by atoms with E-state index < -0.39 is 0 Å². The van der Waals surface area contributed by atoms with Gasteiger partial charge in [-0.05, 0) is 56.9 Å². The first kappa shape index (κ1) is 14.1. The molecule has 2 heterocycles. The molecule has 4 heteroatoms. The summed E-state index contributed by atoms with van der Waals surface area (Å²) in [4.78, 5) is 16.3. The number of aryl methyl sites for hydroxylation is 1. The number of fused-ring (bicyclic) bond motifs is 1. The molecule has 1 aromatic rings. The van der Waals surface area contributed by atoms with Crippen molar-refractivity contribution in [3.8, 4) is 0 Å². The van der Waals surface area contributed by atoms with E-state index in [9.17, 15) is 9.90 Å². The minimum absolute atomic E-state index is 0.190. The lowest BCUT2D eigenvalue weighted by Gasteiger charge is -2.37. The van der Waals surface area contributed by atoms with Crippen LogP contribution in [0.1, 0.15) is 53.4 Å². The third-order valence-electron chi connectivity index (χ3n) is 4.79. The summed E-state index contributed by atoms with van der Waals surface area (Å²) in [6.07, 6.45) is 6.70. The lowest BCUT2D eigenvalue weighted by molar-refractivity contribution is 0.0488. The molecule has 3 nitrogen and oxygen atoms in total. The van der Waals surface area contributed by atoms with Crippen LogP contribution in [0.5, 0.6) is 0 Å². The molecule has 1 aliphatic carbocycles. The van der Waals surface area contributed by atoms with Gasteiger partial charge in [-0.1, -0.05) is 0 Å². The van der Waals surface area contributed by atoms with E-state index in [2.05, 4.69) is 12.3 Å². The Hall–Kier alpha value is -0.870. The normalized spacial score (nSPS) is 26.4. The molecule has 110 valence electrons. The number of likely N-dealkylation sites (tertiary alicyclic amines) is 1. The fraction of sp³-hybridized carbons (Fsp3) is 0.688. The Kier molecular flexibility index (Phi) is 4.13. The van der Waals surface area contributed by atoms with Crippen molar-refractivity contribution >= 4 is 17.2 Å². The zero-order valence-electron chi connectivity index (χ0n) is 12.1. The van der Waals surface area contributed by atoms with Crippen LogP contribution in [0.3, 0.4) is 0 Å². The van der Waals surface area contributed by atoms with E-state index in [1.165, 1.54) is 23.3 Å². The molecule has 1 aromatic heterocycles. The number of thiophene rings is 1. The highest BCUT2D eigenvalue weighted by molar-refractivity contribution is 7.10. The van der Waals surface area contributed by atoms with E-state index in [1.807, 2.05) is 4.90 Å². The topological polar surface area (TPSA) is 40.5 Å². The summed E-state index contributed by atoms with van der Waals surface area (Å²) in [7, 11) is 0. The van der Waals surface area contributed by atoms with Crippen molar-refractivity contribution in [1.82, 2.24) is 4.90 Å². The summed E-state index contributed by atoms with van der Waals surface area (Å²) in [5.74, 6) is 0.444. The molecule has 1 fully saturated rings. The number of amides is 1. The standard InChI is InChI=1S/C16H23NO2S/c1-11-6-7-12(9-18)8-17(11)16(19)14-10-20-15-5-3-2-4-13(14)15/h10-12,18H,2-9H2,1H3. The van der Waals surface area contributed by atoms with E-state index in [4.69, 9.17) is 0 Å². The Morgan fingerprint density at radius 1 is 1.40 bits per heavy atom. The van der Waals surface area contributed by atoms with Gasteiger partial charge in [-0.2, -0.15) is 0 Å². The molecule has 2 unspecified atom stereocenters. The first-order chi connectivity index (χ1) is 9.70. The SMILES string of the molecule is CC1CCC(CO)CN1C(=O)c1csc2c1CCCC2. The van der Waals surface area contributed by atoms with Crippen LogP contribution in [0.2, 0.25) is 0 Å². The third kappa shape index (κ3) is 2.51. The zero-order valence-corrected chi connectivity index (χ0v) is 12.9. The maximum Gasteiger partial charge on any atom is 0.255 e. The Morgan fingerprint density at radius 3 is 3.00 bits per heavy atom. The van der Waals surface area contributed by atoms with Crippen LogP contribution in [0.4, 0.5) is 0 Å². The zero-order chi connectivity index (χ0) is 14.1. The van der Waals surface area contributed by atoms with E-state index in [-0.39, 0.29) is 18.4 Å². The number of carbonyl (C=O) groups is 1. The van der Waals surface area contributed by atoms with Crippen LogP contribution in [-0.2, 0) is 12.8 Å². The molecule has 0 spiro atoms. The molecule has 3 rings (SSSR count). The van der Waals surface area contributed by atoms with Crippen molar-refractivity contribution in [1.29, 1.82) is 0 Å². The maximum absolute atomic E-state index is 12.9. The molecule has 1 saturated heterocycles. The molecule has 0 radical (unpaired) electrons. The lowest BCUT2D eigenvalue weighted by atomic mass is 9.91. The second kappa shape index (κ2) is 5.86. The van der Waals surface area contributed by atoms with Gasteiger partial charge in [0, 0.05) is 29.5 Å². The Labute approximate surface area is 124 Å². The van der Waals surface area contributed by atoms with E-state index >= 15 is 0 Å². The van der Waals surface area contributed by atoms with Gasteiger partial charge in [-0.25, -0.2) is 0 Å². The van der Waals surface area contributed by atoms with E-state index in [1.54, 1.807) is 11.3 Å². The highest BCUT2D eigenvalue weighted by Crippen LogP contribution is 2.32. The first-order valence-corrected chi connectivity index (χ1v) is 8.59. The minimum atomic E-state index is 0.190. The van der Waals surface area contributed by atoms with Crippen molar-refractivity contribution in [2.45, 2.75) is 51.5 Å². The molecule has 2 atom stereocenters. The molecule has 1 amide bonds. The number of aliphatic hydroxyl groups is 1. The minimum Gasteiger partial charge on any atom is -0.396 e. The van der Waals surface area contributed by atoms with Crippen LogP contribution in [-0.4, -0.2) is 35.1 Å². The second-order valence-corrected chi connectivity index (χ2v) is 7.15. The molecular formula is C16H23NO2S. The number of aliphatic hydroxyl groups excluding tert-OH is 1. The van der Waals surface area contributed by atoms with Gasteiger partial charge in [0.1, 0.15) is 0 Å². The van der Waals surface area contributed by atoms with Crippen LogP contribution in [0.25, 0.3) is 0 Å². The Morgan fingerprint density at radius 2 is 2.20 bits per heavy atom. The molecule has 2 aliphatic rings.